The molecule has 1 saturated carbocycles. The van der Waals surface area contributed by atoms with E-state index >= 15 is 0 Å². The van der Waals surface area contributed by atoms with Gasteiger partial charge in [0.1, 0.15) is 6.17 Å². The van der Waals surface area contributed by atoms with E-state index in [1.165, 1.54) is 0 Å². The molecule has 2 unspecified atom stereocenters. The van der Waals surface area contributed by atoms with Crippen molar-refractivity contribution >= 4 is 0 Å². The van der Waals surface area contributed by atoms with Crippen LogP contribution < -0.4 is 0 Å². The summed E-state index contributed by atoms with van der Waals surface area (Å²) in [7, 11) is 0. The van der Waals surface area contributed by atoms with Crippen LogP contribution in [0.3, 0.4) is 0 Å². The summed E-state index contributed by atoms with van der Waals surface area (Å²) in [4.78, 5) is 0. The van der Waals surface area contributed by atoms with Gasteiger partial charge in [0, 0.05) is 5.92 Å². The van der Waals surface area contributed by atoms with Crippen molar-refractivity contribution in [3.63, 3.8) is 0 Å². The van der Waals surface area contributed by atoms with Gasteiger partial charge in [0.25, 0.3) is 0 Å². The molecule has 0 saturated heterocycles. The summed E-state index contributed by atoms with van der Waals surface area (Å²) in [5, 5.41) is 8.91. The number of aliphatic hydroxyl groups excluding tert-OH is 1. The van der Waals surface area contributed by atoms with Crippen molar-refractivity contribution in [1.29, 1.82) is 0 Å². The number of rotatable bonds is 2. The second kappa shape index (κ2) is 3.46. The van der Waals surface area contributed by atoms with Gasteiger partial charge in [0.05, 0.1) is 6.61 Å². The van der Waals surface area contributed by atoms with Gasteiger partial charge < -0.3 is 5.11 Å². The standard InChI is InChI=1S/C11H13FO/c12-11-5-4-10(11)9-3-1-2-8(6-9)7-13/h1-3,6,10-11,13H,4-5,7H2. The van der Waals surface area contributed by atoms with Gasteiger partial charge in [0.15, 0.2) is 0 Å². The Kier molecular flexibility index (Phi) is 2.32. The van der Waals surface area contributed by atoms with Crippen molar-refractivity contribution in [3.05, 3.63) is 35.4 Å². The maximum absolute atomic E-state index is 13.0. The predicted molar refractivity (Wildman–Crippen MR) is 49.2 cm³/mol. The Morgan fingerprint density at radius 1 is 1.38 bits per heavy atom. The lowest BCUT2D eigenvalue weighted by Gasteiger charge is -2.30. The monoisotopic (exact) mass is 180 g/mol. The van der Waals surface area contributed by atoms with Crippen LogP contribution in [-0.4, -0.2) is 11.3 Å². The Morgan fingerprint density at radius 2 is 2.23 bits per heavy atom. The van der Waals surface area contributed by atoms with Gasteiger partial charge in [-0.2, -0.15) is 0 Å². The Balaban J connectivity index is 2.20. The van der Waals surface area contributed by atoms with Crippen LogP contribution >= 0.6 is 0 Å². The van der Waals surface area contributed by atoms with E-state index in [1.807, 2.05) is 24.3 Å². The van der Waals surface area contributed by atoms with Crippen molar-refractivity contribution in [3.8, 4) is 0 Å². The molecule has 1 aromatic carbocycles. The van der Waals surface area contributed by atoms with E-state index in [-0.39, 0.29) is 12.5 Å². The van der Waals surface area contributed by atoms with Crippen LogP contribution in [0.2, 0.25) is 0 Å². The molecule has 1 aliphatic rings. The Bertz CT molecular complexity index is 298. The third kappa shape index (κ3) is 1.59. The zero-order chi connectivity index (χ0) is 9.26. The van der Waals surface area contributed by atoms with E-state index in [0.717, 1.165) is 17.5 Å². The molecule has 0 radical (unpaired) electrons. The summed E-state index contributed by atoms with van der Waals surface area (Å²) in [6.45, 7) is 0.0392. The molecule has 0 aromatic heterocycles. The van der Waals surface area contributed by atoms with Crippen LogP contribution in [-0.2, 0) is 6.61 Å². The average molecular weight is 180 g/mol. The molecule has 2 heteroatoms. The lowest BCUT2D eigenvalue weighted by Crippen LogP contribution is -2.24. The molecule has 13 heavy (non-hydrogen) atoms. The first-order chi connectivity index (χ1) is 6.31. The SMILES string of the molecule is OCc1cccc(C2CCC2F)c1. The highest BCUT2D eigenvalue weighted by Crippen LogP contribution is 2.39. The maximum atomic E-state index is 13.0. The fourth-order valence-electron chi connectivity index (χ4n) is 1.76. The van der Waals surface area contributed by atoms with E-state index in [0.29, 0.717) is 6.42 Å². The highest BCUT2D eigenvalue weighted by molar-refractivity contribution is 5.28. The molecule has 0 amide bonds. The smallest absolute Gasteiger partial charge is 0.107 e. The summed E-state index contributed by atoms with van der Waals surface area (Å²) in [5.41, 5.74) is 1.90. The normalized spacial score (nSPS) is 26.9. The minimum atomic E-state index is -0.672. The maximum Gasteiger partial charge on any atom is 0.107 e. The van der Waals surface area contributed by atoms with Gasteiger partial charge in [-0.25, -0.2) is 4.39 Å². The van der Waals surface area contributed by atoms with Crippen LogP contribution in [0.5, 0.6) is 0 Å². The topological polar surface area (TPSA) is 20.2 Å². The van der Waals surface area contributed by atoms with Crippen molar-refractivity contribution in [1.82, 2.24) is 0 Å². The summed E-state index contributed by atoms with van der Waals surface area (Å²) < 4.78 is 13.0. The zero-order valence-electron chi connectivity index (χ0n) is 7.41. The quantitative estimate of drug-likeness (QED) is 0.741. The molecule has 2 atom stereocenters. The average Bonchev–Trinajstić information content (AvgIpc) is 2.16. The first-order valence-electron chi connectivity index (χ1n) is 4.65. The van der Waals surface area contributed by atoms with Crippen LogP contribution in [0, 0.1) is 0 Å². The minimum Gasteiger partial charge on any atom is -0.392 e. The zero-order valence-corrected chi connectivity index (χ0v) is 7.41. The van der Waals surface area contributed by atoms with E-state index in [9.17, 15) is 4.39 Å². The van der Waals surface area contributed by atoms with Gasteiger partial charge in [-0.05, 0) is 24.0 Å². The fourth-order valence-corrected chi connectivity index (χ4v) is 1.76. The molecule has 0 heterocycles. The number of benzene rings is 1. The fraction of sp³-hybridized carbons (Fsp3) is 0.455. The number of aliphatic hydroxyl groups is 1. The number of hydrogen-bond acceptors (Lipinski definition) is 1. The second-order valence-corrected chi connectivity index (χ2v) is 3.60. The van der Waals surface area contributed by atoms with Crippen molar-refractivity contribution in [2.24, 2.45) is 0 Å². The predicted octanol–water partition coefficient (Wildman–Crippen LogP) is 2.39. The minimum absolute atomic E-state index is 0.0392. The highest BCUT2D eigenvalue weighted by atomic mass is 19.1. The Labute approximate surface area is 77.2 Å². The molecule has 1 fully saturated rings. The Morgan fingerprint density at radius 3 is 2.77 bits per heavy atom. The molecule has 2 rings (SSSR count). The molecule has 0 spiro atoms. The lowest BCUT2D eigenvalue weighted by atomic mass is 9.78. The van der Waals surface area contributed by atoms with Crippen LogP contribution in [0.4, 0.5) is 4.39 Å². The van der Waals surface area contributed by atoms with E-state index in [1.54, 1.807) is 0 Å². The van der Waals surface area contributed by atoms with E-state index < -0.39 is 6.17 Å². The third-order valence-electron chi connectivity index (χ3n) is 2.75. The van der Waals surface area contributed by atoms with Crippen LogP contribution in [0.15, 0.2) is 24.3 Å². The summed E-state index contributed by atoms with van der Waals surface area (Å²) in [6, 6.07) is 7.58. The molecular formula is C11H13FO. The largest absolute Gasteiger partial charge is 0.392 e. The second-order valence-electron chi connectivity index (χ2n) is 3.60. The van der Waals surface area contributed by atoms with Gasteiger partial charge >= 0.3 is 0 Å². The van der Waals surface area contributed by atoms with Gasteiger partial charge in [-0.15, -0.1) is 0 Å². The van der Waals surface area contributed by atoms with Gasteiger partial charge in [0.2, 0.25) is 0 Å². The van der Waals surface area contributed by atoms with Crippen LogP contribution in [0.1, 0.15) is 29.9 Å². The number of alkyl halides is 1. The first kappa shape index (κ1) is 8.70. The van der Waals surface area contributed by atoms with Crippen molar-refractivity contribution in [2.75, 3.05) is 0 Å². The number of halogens is 1. The first-order valence-corrected chi connectivity index (χ1v) is 4.65. The highest BCUT2D eigenvalue weighted by Gasteiger charge is 2.31. The molecule has 70 valence electrons. The molecule has 1 aliphatic carbocycles. The van der Waals surface area contributed by atoms with E-state index in [2.05, 4.69) is 0 Å². The molecule has 0 aliphatic heterocycles. The van der Waals surface area contributed by atoms with Crippen LogP contribution in [0.25, 0.3) is 0 Å². The summed E-state index contributed by atoms with van der Waals surface area (Å²) >= 11 is 0. The number of hydrogen-bond donors (Lipinski definition) is 1. The van der Waals surface area contributed by atoms with Gasteiger partial charge in [-0.1, -0.05) is 24.3 Å². The van der Waals surface area contributed by atoms with Crippen molar-refractivity contribution < 1.29 is 9.50 Å². The van der Waals surface area contributed by atoms with Gasteiger partial charge in [-0.3, -0.25) is 0 Å². The molecular weight excluding hydrogens is 167 g/mol. The molecule has 1 N–H and O–H groups in total. The lowest BCUT2D eigenvalue weighted by molar-refractivity contribution is 0.170. The molecule has 1 nitrogen and oxygen atoms in total. The summed E-state index contributed by atoms with van der Waals surface area (Å²) in [5.74, 6) is 0.0755. The van der Waals surface area contributed by atoms with Crippen molar-refractivity contribution in [2.45, 2.75) is 31.5 Å². The third-order valence-corrected chi connectivity index (χ3v) is 2.75. The Hall–Kier alpha value is -0.890. The molecule has 1 aromatic rings. The van der Waals surface area contributed by atoms with E-state index in [4.69, 9.17) is 5.11 Å². The molecule has 0 bridgehead atoms. The summed E-state index contributed by atoms with van der Waals surface area (Å²) in [6.07, 6.45) is 0.957.